The fraction of sp³-hybridized carbons (Fsp3) is 0.824. The van der Waals surface area contributed by atoms with Crippen LogP contribution in [0.25, 0.3) is 0 Å². The van der Waals surface area contributed by atoms with Crippen LogP contribution in [0.3, 0.4) is 0 Å². The van der Waals surface area contributed by atoms with Gasteiger partial charge in [-0.2, -0.15) is 0 Å². The first-order valence-corrected chi connectivity index (χ1v) is 7.84. The Bertz CT molecular complexity index is 224. The lowest BCUT2D eigenvalue weighted by atomic mass is 10.0. The minimum Gasteiger partial charge on any atom is -0.295 e. The van der Waals surface area contributed by atoms with Crippen LogP contribution in [0, 0.1) is 0 Å². The molecule has 0 aliphatic carbocycles. The predicted octanol–water partition coefficient (Wildman–Crippen LogP) is 5.83. The molecule has 0 aromatic carbocycles. The van der Waals surface area contributed by atoms with E-state index in [2.05, 4.69) is 6.92 Å². The Hall–Kier alpha value is -0.590. The van der Waals surface area contributed by atoms with E-state index < -0.39 is 0 Å². The predicted molar refractivity (Wildman–Crippen MR) is 80.9 cm³/mol. The minimum absolute atomic E-state index is 0.301. The van der Waals surface area contributed by atoms with Gasteiger partial charge in [-0.15, -0.1) is 0 Å². The molecule has 0 aromatic rings. The molecular formula is C17H32O. The van der Waals surface area contributed by atoms with Gasteiger partial charge in [0.25, 0.3) is 0 Å². The number of hydrogen-bond acceptors (Lipinski definition) is 1. The highest BCUT2D eigenvalue weighted by atomic mass is 16.1. The second-order valence-corrected chi connectivity index (χ2v) is 5.62. The molecule has 0 rings (SSSR count). The average molecular weight is 252 g/mol. The smallest absolute Gasteiger partial charge is 0.155 e. The molecule has 0 aliphatic rings. The Morgan fingerprint density at radius 2 is 1.22 bits per heavy atom. The van der Waals surface area contributed by atoms with Crippen molar-refractivity contribution in [2.75, 3.05) is 0 Å². The Morgan fingerprint density at radius 3 is 1.67 bits per heavy atom. The van der Waals surface area contributed by atoms with Crippen LogP contribution in [-0.2, 0) is 4.79 Å². The molecule has 0 atom stereocenters. The highest BCUT2D eigenvalue weighted by molar-refractivity contribution is 5.90. The summed E-state index contributed by atoms with van der Waals surface area (Å²) in [5, 5.41) is 0. The summed E-state index contributed by atoms with van der Waals surface area (Å²) in [5.41, 5.74) is 1.12. The zero-order chi connectivity index (χ0) is 13.6. The van der Waals surface area contributed by atoms with E-state index in [1.54, 1.807) is 6.08 Å². The SMILES string of the molecule is CCCCCCCCCCCCC(=O)C=C(C)C. The molecule has 0 aromatic heterocycles. The van der Waals surface area contributed by atoms with E-state index in [9.17, 15) is 4.79 Å². The molecule has 18 heavy (non-hydrogen) atoms. The Morgan fingerprint density at radius 1 is 0.778 bits per heavy atom. The van der Waals surface area contributed by atoms with E-state index in [0.29, 0.717) is 5.78 Å². The van der Waals surface area contributed by atoms with Crippen molar-refractivity contribution in [3.63, 3.8) is 0 Å². The first-order chi connectivity index (χ1) is 8.66. The largest absolute Gasteiger partial charge is 0.295 e. The third-order valence-corrected chi connectivity index (χ3v) is 3.23. The van der Waals surface area contributed by atoms with Crippen LogP contribution in [0.4, 0.5) is 0 Å². The molecule has 1 heteroatoms. The molecule has 0 unspecified atom stereocenters. The number of unbranched alkanes of at least 4 members (excludes halogenated alkanes) is 9. The average Bonchev–Trinajstić information content (AvgIpc) is 2.30. The summed E-state index contributed by atoms with van der Waals surface area (Å²) in [5.74, 6) is 0.301. The number of allylic oxidation sites excluding steroid dienone is 2. The summed E-state index contributed by atoms with van der Waals surface area (Å²) in [4.78, 5) is 11.4. The van der Waals surface area contributed by atoms with E-state index >= 15 is 0 Å². The van der Waals surface area contributed by atoms with E-state index in [1.807, 2.05) is 13.8 Å². The maximum absolute atomic E-state index is 11.4. The van der Waals surface area contributed by atoms with Crippen LogP contribution in [-0.4, -0.2) is 5.78 Å². The number of carbonyl (C=O) groups is 1. The molecule has 106 valence electrons. The van der Waals surface area contributed by atoms with Gasteiger partial charge in [0, 0.05) is 6.42 Å². The zero-order valence-electron chi connectivity index (χ0n) is 12.8. The van der Waals surface area contributed by atoms with E-state index in [-0.39, 0.29) is 0 Å². The third-order valence-electron chi connectivity index (χ3n) is 3.23. The molecule has 0 amide bonds. The highest BCUT2D eigenvalue weighted by Gasteiger charge is 1.97. The first kappa shape index (κ1) is 17.4. The first-order valence-electron chi connectivity index (χ1n) is 7.84. The van der Waals surface area contributed by atoms with Gasteiger partial charge in [0.15, 0.2) is 5.78 Å². The van der Waals surface area contributed by atoms with Crippen molar-refractivity contribution in [3.05, 3.63) is 11.6 Å². The van der Waals surface area contributed by atoms with E-state index in [4.69, 9.17) is 0 Å². The maximum atomic E-state index is 11.4. The summed E-state index contributed by atoms with van der Waals surface area (Å²) in [7, 11) is 0. The normalized spacial score (nSPS) is 10.4. The van der Waals surface area contributed by atoms with Crippen LogP contribution in [0.15, 0.2) is 11.6 Å². The Kier molecular flexibility index (Phi) is 12.4. The van der Waals surface area contributed by atoms with Gasteiger partial charge in [-0.3, -0.25) is 4.79 Å². The van der Waals surface area contributed by atoms with Gasteiger partial charge in [-0.25, -0.2) is 0 Å². The van der Waals surface area contributed by atoms with Gasteiger partial charge < -0.3 is 0 Å². The second-order valence-electron chi connectivity index (χ2n) is 5.62. The molecule has 0 N–H and O–H groups in total. The number of ketones is 1. The molecule has 0 saturated carbocycles. The standard InChI is InChI=1S/C17H32O/c1-4-5-6-7-8-9-10-11-12-13-14-17(18)15-16(2)3/h15H,4-14H2,1-3H3. The number of hydrogen-bond donors (Lipinski definition) is 0. The molecule has 0 radical (unpaired) electrons. The van der Waals surface area contributed by atoms with Gasteiger partial charge in [-0.05, 0) is 26.3 Å². The maximum Gasteiger partial charge on any atom is 0.155 e. The summed E-state index contributed by atoms with van der Waals surface area (Å²) in [6.07, 6.45) is 15.8. The van der Waals surface area contributed by atoms with Crippen molar-refractivity contribution in [3.8, 4) is 0 Å². The summed E-state index contributed by atoms with van der Waals surface area (Å²) >= 11 is 0. The number of rotatable bonds is 12. The molecule has 0 fully saturated rings. The summed E-state index contributed by atoms with van der Waals surface area (Å²) in [6, 6.07) is 0. The van der Waals surface area contributed by atoms with Crippen molar-refractivity contribution in [2.45, 2.75) is 91.4 Å². The van der Waals surface area contributed by atoms with E-state index in [0.717, 1.165) is 18.4 Å². The third kappa shape index (κ3) is 13.5. The highest BCUT2D eigenvalue weighted by Crippen LogP contribution is 2.11. The summed E-state index contributed by atoms with van der Waals surface area (Å²) in [6.45, 7) is 6.23. The van der Waals surface area contributed by atoms with Gasteiger partial charge in [0.1, 0.15) is 0 Å². The molecule has 0 bridgehead atoms. The van der Waals surface area contributed by atoms with Crippen LogP contribution in [0.2, 0.25) is 0 Å². The van der Waals surface area contributed by atoms with Crippen LogP contribution in [0.1, 0.15) is 91.4 Å². The molecule has 0 spiro atoms. The van der Waals surface area contributed by atoms with Gasteiger partial charge in [0.2, 0.25) is 0 Å². The van der Waals surface area contributed by atoms with Crippen molar-refractivity contribution in [2.24, 2.45) is 0 Å². The van der Waals surface area contributed by atoms with Crippen LogP contribution < -0.4 is 0 Å². The van der Waals surface area contributed by atoms with E-state index in [1.165, 1.54) is 57.8 Å². The fourth-order valence-corrected chi connectivity index (χ4v) is 2.18. The lowest BCUT2D eigenvalue weighted by Gasteiger charge is -2.01. The van der Waals surface area contributed by atoms with Crippen LogP contribution in [0.5, 0.6) is 0 Å². The zero-order valence-corrected chi connectivity index (χ0v) is 12.8. The monoisotopic (exact) mass is 252 g/mol. The van der Waals surface area contributed by atoms with Crippen LogP contribution >= 0.6 is 0 Å². The van der Waals surface area contributed by atoms with Crippen molar-refractivity contribution < 1.29 is 4.79 Å². The molecule has 0 aliphatic heterocycles. The molecule has 1 nitrogen and oxygen atoms in total. The Balaban J connectivity index is 3.16. The molecular weight excluding hydrogens is 220 g/mol. The molecule has 0 heterocycles. The van der Waals surface area contributed by atoms with Gasteiger partial charge in [-0.1, -0.05) is 70.3 Å². The number of carbonyl (C=O) groups excluding carboxylic acids is 1. The summed E-state index contributed by atoms with van der Waals surface area (Å²) < 4.78 is 0. The van der Waals surface area contributed by atoms with Gasteiger partial charge in [0.05, 0.1) is 0 Å². The lowest BCUT2D eigenvalue weighted by molar-refractivity contribution is -0.114. The topological polar surface area (TPSA) is 17.1 Å². The molecule has 0 saturated heterocycles. The quantitative estimate of drug-likeness (QED) is 0.315. The van der Waals surface area contributed by atoms with Crippen molar-refractivity contribution in [1.82, 2.24) is 0 Å². The van der Waals surface area contributed by atoms with Gasteiger partial charge >= 0.3 is 0 Å². The second kappa shape index (κ2) is 12.9. The van der Waals surface area contributed by atoms with Crippen molar-refractivity contribution >= 4 is 5.78 Å². The Labute approximate surface area is 114 Å². The minimum atomic E-state index is 0.301. The van der Waals surface area contributed by atoms with Crippen molar-refractivity contribution in [1.29, 1.82) is 0 Å². The fourth-order valence-electron chi connectivity index (χ4n) is 2.18. The lowest BCUT2D eigenvalue weighted by Crippen LogP contribution is -1.93.